The van der Waals surface area contributed by atoms with Crippen molar-refractivity contribution < 1.29 is 4.79 Å². The van der Waals surface area contributed by atoms with Crippen molar-refractivity contribution in [2.24, 2.45) is 0 Å². The normalized spacial score (nSPS) is 15.5. The molecule has 0 spiro atoms. The van der Waals surface area contributed by atoms with Crippen molar-refractivity contribution in [3.05, 3.63) is 34.9 Å². The molecule has 0 fully saturated rings. The highest BCUT2D eigenvalue weighted by molar-refractivity contribution is 5.94. The van der Waals surface area contributed by atoms with Crippen molar-refractivity contribution in [1.82, 2.24) is 10.2 Å². The van der Waals surface area contributed by atoms with E-state index in [1.165, 1.54) is 11.1 Å². The number of amides is 1. The molecule has 0 radical (unpaired) electrons. The Labute approximate surface area is 103 Å². The maximum absolute atomic E-state index is 12.3. The molecule has 1 N–H and O–H groups in total. The highest BCUT2D eigenvalue weighted by atomic mass is 16.2. The summed E-state index contributed by atoms with van der Waals surface area (Å²) >= 11 is 0. The molecular weight excluding hydrogens is 212 g/mol. The average molecular weight is 232 g/mol. The lowest BCUT2D eigenvalue weighted by Crippen LogP contribution is -2.34. The molecule has 0 aromatic heterocycles. The third-order valence-electron chi connectivity index (χ3n) is 3.66. The van der Waals surface area contributed by atoms with E-state index in [0.29, 0.717) is 0 Å². The Morgan fingerprint density at radius 2 is 2.12 bits per heavy atom. The number of carbonyl (C=O) groups excluding carboxylic acids is 1. The Hall–Kier alpha value is -1.35. The van der Waals surface area contributed by atoms with Gasteiger partial charge in [0.15, 0.2) is 0 Å². The van der Waals surface area contributed by atoms with E-state index >= 15 is 0 Å². The summed E-state index contributed by atoms with van der Waals surface area (Å²) in [6, 6.07) is 6.31. The van der Waals surface area contributed by atoms with Gasteiger partial charge in [-0.2, -0.15) is 0 Å². The summed E-state index contributed by atoms with van der Waals surface area (Å²) < 4.78 is 0. The monoisotopic (exact) mass is 232 g/mol. The topological polar surface area (TPSA) is 32.3 Å². The molecule has 1 aromatic rings. The van der Waals surface area contributed by atoms with E-state index in [1.807, 2.05) is 24.1 Å². The van der Waals surface area contributed by atoms with Gasteiger partial charge in [-0.15, -0.1) is 0 Å². The number of benzene rings is 1. The first-order valence-corrected chi connectivity index (χ1v) is 6.23. The van der Waals surface area contributed by atoms with Crippen LogP contribution in [0.3, 0.4) is 0 Å². The molecule has 3 nitrogen and oxygen atoms in total. The molecule has 3 heteroatoms. The van der Waals surface area contributed by atoms with Gasteiger partial charge in [-0.05, 0) is 36.6 Å². The number of hydrogen-bond donors (Lipinski definition) is 1. The molecule has 1 unspecified atom stereocenters. The highest BCUT2D eigenvalue weighted by Gasteiger charge is 2.18. The number of hydrogen-bond acceptors (Lipinski definition) is 2. The fraction of sp³-hybridized carbons (Fsp3) is 0.500. The first-order valence-electron chi connectivity index (χ1n) is 6.23. The molecule has 0 aliphatic carbocycles. The summed E-state index contributed by atoms with van der Waals surface area (Å²) in [6.45, 7) is 5.97. The van der Waals surface area contributed by atoms with Crippen LogP contribution >= 0.6 is 0 Å². The van der Waals surface area contributed by atoms with Gasteiger partial charge in [0.25, 0.3) is 5.91 Å². The van der Waals surface area contributed by atoms with E-state index < -0.39 is 0 Å². The summed E-state index contributed by atoms with van der Waals surface area (Å²) in [6.07, 6.45) is 0.981. The largest absolute Gasteiger partial charge is 0.339 e. The molecule has 1 heterocycles. The average Bonchev–Trinajstić information content (AvgIpc) is 2.83. The fourth-order valence-electron chi connectivity index (χ4n) is 2.11. The molecule has 92 valence electrons. The van der Waals surface area contributed by atoms with E-state index in [1.54, 1.807) is 0 Å². The second kappa shape index (κ2) is 4.88. The van der Waals surface area contributed by atoms with Crippen molar-refractivity contribution in [3.8, 4) is 0 Å². The fourth-order valence-corrected chi connectivity index (χ4v) is 2.11. The molecule has 17 heavy (non-hydrogen) atoms. The zero-order valence-electron chi connectivity index (χ0n) is 10.8. The predicted octanol–water partition coefficient (Wildman–Crippen LogP) is 2.16. The van der Waals surface area contributed by atoms with Crippen LogP contribution in [-0.4, -0.2) is 23.9 Å². The highest BCUT2D eigenvalue weighted by Crippen LogP contribution is 2.18. The van der Waals surface area contributed by atoms with Gasteiger partial charge in [0, 0.05) is 31.7 Å². The Bertz CT molecular complexity index is 428. The second-order valence-electron chi connectivity index (χ2n) is 4.76. The lowest BCUT2D eigenvalue weighted by molar-refractivity contribution is 0.0740. The van der Waals surface area contributed by atoms with Gasteiger partial charge in [-0.1, -0.05) is 13.0 Å². The quantitative estimate of drug-likeness (QED) is 0.866. The minimum Gasteiger partial charge on any atom is -0.339 e. The summed E-state index contributed by atoms with van der Waals surface area (Å²) in [7, 11) is 1.88. The summed E-state index contributed by atoms with van der Waals surface area (Å²) in [5.74, 6) is 0.119. The third-order valence-corrected chi connectivity index (χ3v) is 3.66. The van der Waals surface area contributed by atoms with Crippen molar-refractivity contribution in [2.75, 3.05) is 7.05 Å². The van der Waals surface area contributed by atoms with Crippen LogP contribution in [0.4, 0.5) is 0 Å². The number of fused-ring (bicyclic) bond motifs is 1. The Kier molecular flexibility index (Phi) is 3.48. The first-order chi connectivity index (χ1) is 8.13. The van der Waals surface area contributed by atoms with Crippen LogP contribution < -0.4 is 5.32 Å². The second-order valence-corrected chi connectivity index (χ2v) is 4.76. The molecular formula is C14H20N2O. The maximum atomic E-state index is 12.3. The lowest BCUT2D eigenvalue weighted by atomic mass is 10.1. The van der Waals surface area contributed by atoms with Crippen LogP contribution in [0.2, 0.25) is 0 Å². The van der Waals surface area contributed by atoms with Crippen LogP contribution in [0.15, 0.2) is 18.2 Å². The molecule has 0 saturated carbocycles. The van der Waals surface area contributed by atoms with Crippen molar-refractivity contribution >= 4 is 5.91 Å². The van der Waals surface area contributed by atoms with Crippen molar-refractivity contribution in [3.63, 3.8) is 0 Å². The van der Waals surface area contributed by atoms with Crippen LogP contribution in [0.25, 0.3) is 0 Å². The molecule has 1 atom stereocenters. The molecule has 1 aliphatic rings. The Balaban J connectivity index is 2.20. The Morgan fingerprint density at radius 3 is 2.82 bits per heavy atom. The zero-order valence-corrected chi connectivity index (χ0v) is 10.8. The summed E-state index contributed by atoms with van der Waals surface area (Å²) in [4.78, 5) is 14.1. The molecule has 0 bridgehead atoms. The van der Waals surface area contributed by atoms with Crippen LogP contribution in [0, 0.1) is 0 Å². The number of nitrogens with one attached hydrogen (secondary N) is 1. The maximum Gasteiger partial charge on any atom is 0.253 e. The molecule has 0 saturated heterocycles. The van der Waals surface area contributed by atoms with Crippen molar-refractivity contribution in [2.45, 2.75) is 39.4 Å². The van der Waals surface area contributed by atoms with Gasteiger partial charge >= 0.3 is 0 Å². The number of carbonyl (C=O) groups is 1. The standard InChI is InChI=1S/C14H20N2O/c1-4-10(2)16(3)14(17)11-5-6-12-8-15-9-13(12)7-11/h5-7,10,15H,4,8-9H2,1-3H3. The van der Waals surface area contributed by atoms with Gasteiger partial charge < -0.3 is 10.2 Å². The van der Waals surface area contributed by atoms with Gasteiger partial charge in [-0.3, -0.25) is 4.79 Å². The lowest BCUT2D eigenvalue weighted by Gasteiger charge is -2.24. The summed E-state index contributed by atoms with van der Waals surface area (Å²) in [5, 5.41) is 3.29. The summed E-state index contributed by atoms with van der Waals surface area (Å²) in [5.41, 5.74) is 3.37. The Morgan fingerprint density at radius 1 is 1.41 bits per heavy atom. The minimum atomic E-state index is 0.119. The number of rotatable bonds is 3. The van der Waals surface area contributed by atoms with Crippen molar-refractivity contribution in [1.29, 1.82) is 0 Å². The molecule has 1 aliphatic heterocycles. The van der Waals surface area contributed by atoms with Gasteiger partial charge in [0.05, 0.1) is 0 Å². The minimum absolute atomic E-state index is 0.119. The van der Waals surface area contributed by atoms with Crippen LogP contribution in [-0.2, 0) is 13.1 Å². The van der Waals surface area contributed by atoms with E-state index in [-0.39, 0.29) is 11.9 Å². The van der Waals surface area contributed by atoms with E-state index in [9.17, 15) is 4.79 Å². The SMILES string of the molecule is CCC(C)N(C)C(=O)c1ccc2c(c1)CNC2. The van der Waals surface area contributed by atoms with Crippen LogP contribution in [0.1, 0.15) is 41.8 Å². The third kappa shape index (κ3) is 2.34. The van der Waals surface area contributed by atoms with Gasteiger partial charge in [0.2, 0.25) is 0 Å². The van der Waals surface area contributed by atoms with Gasteiger partial charge in [-0.25, -0.2) is 0 Å². The molecule has 1 aromatic carbocycles. The van der Waals surface area contributed by atoms with E-state index in [2.05, 4.69) is 25.2 Å². The number of nitrogens with zero attached hydrogens (tertiary/aromatic N) is 1. The molecule has 1 amide bonds. The first kappa shape index (κ1) is 12.1. The predicted molar refractivity (Wildman–Crippen MR) is 68.8 cm³/mol. The zero-order chi connectivity index (χ0) is 12.4. The smallest absolute Gasteiger partial charge is 0.253 e. The van der Waals surface area contributed by atoms with E-state index in [4.69, 9.17) is 0 Å². The van der Waals surface area contributed by atoms with Gasteiger partial charge in [0.1, 0.15) is 0 Å². The van der Waals surface area contributed by atoms with Crippen LogP contribution in [0.5, 0.6) is 0 Å². The molecule has 2 rings (SSSR count). The van der Waals surface area contributed by atoms with E-state index in [0.717, 1.165) is 25.1 Å².